The van der Waals surface area contributed by atoms with Crippen LogP contribution in [0.3, 0.4) is 0 Å². The van der Waals surface area contributed by atoms with Gasteiger partial charge in [0.25, 0.3) is 0 Å². The molecule has 0 aliphatic carbocycles. The van der Waals surface area contributed by atoms with Gasteiger partial charge in [0.1, 0.15) is 19.7 Å². The summed E-state index contributed by atoms with van der Waals surface area (Å²) in [5.74, 6) is 0.0510. The lowest BCUT2D eigenvalue weighted by molar-refractivity contribution is 0.506. The summed E-state index contributed by atoms with van der Waals surface area (Å²) in [6.45, 7) is 1.95. The molecule has 1 fully saturated rings. The van der Waals surface area contributed by atoms with Crippen LogP contribution in [0, 0.1) is 6.92 Å². The van der Waals surface area contributed by atoms with Crippen LogP contribution in [0.2, 0.25) is 0 Å². The van der Waals surface area contributed by atoms with E-state index in [1.165, 1.54) is 11.3 Å². The van der Waals surface area contributed by atoms with Gasteiger partial charge in [0.15, 0.2) is 0 Å². The number of H-pyrrole nitrogens is 1. The number of nitrogens with zero attached hydrogens (tertiary/aromatic N) is 1. The van der Waals surface area contributed by atoms with Crippen molar-refractivity contribution in [1.82, 2.24) is 14.7 Å². The van der Waals surface area contributed by atoms with Crippen molar-refractivity contribution in [2.45, 2.75) is 30.0 Å². The van der Waals surface area contributed by atoms with Crippen molar-refractivity contribution in [3.8, 4) is 10.4 Å². The van der Waals surface area contributed by atoms with E-state index >= 15 is 0 Å². The third-order valence-corrected chi connectivity index (χ3v) is 9.50. The SMILES string of the molecule is Cc1cc2c(-c3ccc(S(=O)(=O)NC4CCS(=O)(=O)CC4)s3)ccnc2[nH]1. The summed E-state index contributed by atoms with van der Waals surface area (Å²) in [6, 6.07) is 6.91. The van der Waals surface area contributed by atoms with Gasteiger partial charge >= 0.3 is 0 Å². The molecule has 2 N–H and O–H groups in total. The molecule has 4 heterocycles. The van der Waals surface area contributed by atoms with E-state index < -0.39 is 19.9 Å². The lowest BCUT2D eigenvalue weighted by Gasteiger charge is -2.22. The largest absolute Gasteiger partial charge is 0.344 e. The van der Waals surface area contributed by atoms with Crippen molar-refractivity contribution in [2.24, 2.45) is 0 Å². The van der Waals surface area contributed by atoms with Gasteiger partial charge in [-0.25, -0.2) is 26.5 Å². The number of thiophene rings is 1. The van der Waals surface area contributed by atoms with Gasteiger partial charge in [-0.2, -0.15) is 0 Å². The Morgan fingerprint density at radius 2 is 1.96 bits per heavy atom. The lowest BCUT2D eigenvalue weighted by atomic mass is 10.1. The molecular formula is C17H19N3O4S3. The molecule has 0 radical (unpaired) electrons. The van der Waals surface area contributed by atoms with Crippen LogP contribution in [0.15, 0.2) is 34.7 Å². The Morgan fingerprint density at radius 3 is 2.70 bits per heavy atom. The molecule has 0 bridgehead atoms. The second-order valence-electron chi connectivity index (χ2n) is 6.74. The van der Waals surface area contributed by atoms with Gasteiger partial charge in [0, 0.05) is 33.8 Å². The minimum absolute atomic E-state index is 0.0255. The number of rotatable bonds is 4. The van der Waals surface area contributed by atoms with Crippen molar-refractivity contribution in [2.75, 3.05) is 11.5 Å². The van der Waals surface area contributed by atoms with Crippen molar-refractivity contribution < 1.29 is 16.8 Å². The van der Waals surface area contributed by atoms with Gasteiger partial charge in [-0.1, -0.05) is 0 Å². The monoisotopic (exact) mass is 425 g/mol. The Morgan fingerprint density at radius 1 is 1.22 bits per heavy atom. The Hall–Kier alpha value is -1.75. The maximum absolute atomic E-state index is 12.7. The van der Waals surface area contributed by atoms with Crippen LogP contribution in [0.4, 0.5) is 0 Å². The molecule has 3 aromatic heterocycles. The van der Waals surface area contributed by atoms with Crippen LogP contribution in [0.25, 0.3) is 21.5 Å². The van der Waals surface area contributed by atoms with Gasteiger partial charge in [-0.3, -0.25) is 0 Å². The fraction of sp³-hybridized carbons (Fsp3) is 0.353. The Kier molecular flexibility index (Phi) is 4.61. The van der Waals surface area contributed by atoms with Gasteiger partial charge in [-0.15, -0.1) is 11.3 Å². The Labute approximate surface area is 161 Å². The van der Waals surface area contributed by atoms with E-state index in [2.05, 4.69) is 14.7 Å². The molecule has 27 heavy (non-hydrogen) atoms. The average Bonchev–Trinajstić information content (AvgIpc) is 3.22. The smallest absolute Gasteiger partial charge is 0.250 e. The van der Waals surface area contributed by atoms with Crippen LogP contribution in [-0.2, 0) is 19.9 Å². The second-order valence-corrected chi connectivity index (χ2v) is 12.1. The van der Waals surface area contributed by atoms with Crippen LogP contribution in [0.1, 0.15) is 18.5 Å². The molecule has 7 nitrogen and oxygen atoms in total. The summed E-state index contributed by atoms with van der Waals surface area (Å²) in [5.41, 5.74) is 2.69. The third-order valence-electron chi connectivity index (χ3n) is 4.65. The van der Waals surface area contributed by atoms with Crippen LogP contribution >= 0.6 is 11.3 Å². The predicted octanol–water partition coefficient (Wildman–Crippen LogP) is 2.46. The molecule has 0 saturated carbocycles. The van der Waals surface area contributed by atoms with E-state index in [1.54, 1.807) is 18.3 Å². The summed E-state index contributed by atoms with van der Waals surface area (Å²) in [6.07, 6.45) is 2.32. The lowest BCUT2D eigenvalue weighted by Crippen LogP contribution is -2.40. The van der Waals surface area contributed by atoms with Crippen molar-refractivity contribution in [3.63, 3.8) is 0 Å². The van der Waals surface area contributed by atoms with E-state index in [1.807, 2.05) is 19.1 Å². The first-order valence-electron chi connectivity index (χ1n) is 8.51. The molecule has 0 amide bonds. The minimum Gasteiger partial charge on any atom is -0.344 e. The number of aromatic nitrogens is 2. The van der Waals surface area contributed by atoms with Gasteiger partial charge < -0.3 is 4.98 Å². The molecule has 0 atom stereocenters. The van der Waals surface area contributed by atoms with E-state index in [-0.39, 0.29) is 21.8 Å². The average molecular weight is 426 g/mol. The zero-order chi connectivity index (χ0) is 19.2. The fourth-order valence-corrected chi connectivity index (χ4v) is 7.43. The first kappa shape index (κ1) is 18.6. The van der Waals surface area contributed by atoms with Gasteiger partial charge in [0.05, 0.1) is 11.5 Å². The van der Waals surface area contributed by atoms with E-state index in [0.717, 1.165) is 27.2 Å². The highest BCUT2D eigenvalue weighted by Crippen LogP contribution is 2.35. The summed E-state index contributed by atoms with van der Waals surface area (Å²) >= 11 is 1.20. The predicted molar refractivity (Wildman–Crippen MR) is 106 cm³/mol. The molecule has 10 heteroatoms. The number of hydrogen-bond acceptors (Lipinski definition) is 6. The van der Waals surface area contributed by atoms with Gasteiger partial charge in [-0.05, 0) is 44.0 Å². The molecule has 0 unspecified atom stereocenters. The molecule has 0 aromatic carbocycles. The summed E-state index contributed by atoms with van der Waals surface area (Å²) < 4.78 is 51.3. The number of pyridine rings is 1. The maximum atomic E-state index is 12.7. The Bertz CT molecular complexity index is 1200. The van der Waals surface area contributed by atoms with Crippen molar-refractivity contribution in [3.05, 3.63) is 36.2 Å². The number of sulfonamides is 1. The molecule has 144 valence electrons. The number of aromatic amines is 1. The highest BCUT2D eigenvalue weighted by molar-refractivity contribution is 7.92. The highest BCUT2D eigenvalue weighted by atomic mass is 32.2. The second kappa shape index (κ2) is 6.69. The van der Waals surface area contributed by atoms with E-state index in [0.29, 0.717) is 12.8 Å². The molecule has 1 aliphatic rings. The van der Waals surface area contributed by atoms with Crippen molar-refractivity contribution in [1.29, 1.82) is 0 Å². The zero-order valence-electron chi connectivity index (χ0n) is 14.6. The number of aryl methyl sites for hydroxylation is 1. The molecule has 1 saturated heterocycles. The quantitative estimate of drug-likeness (QED) is 0.667. The first-order chi connectivity index (χ1) is 12.7. The van der Waals surface area contributed by atoms with Crippen LogP contribution < -0.4 is 4.72 Å². The first-order valence-corrected chi connectivity index (χ1v) is 12.6. The van der Waals surface area contributed by atoms with E-state index in [9.17, 15) is 16.8 Å². The molecule has 0 spiro atoms. The van der Waals surface area contributed by atoms with Crippen LogP contribution in [-0.4, -0.2) is 44.4 Å². The molecule has 1 aliphatic heterocycles. The fourth-order valence-electron chi connectivity index (χ4n) is 3.27. The number of hydrogen-bond donors (Lipinski definition) is 2. The summed E-state index contributed by atoms with van der Waals surface area (Å²) in [4.78, 5) is 8.32. The topological polar surface area (TPSA) is 109 Å². The molecular weight excluding hydrogens is 406 g/mol. The zero-order valence-corrected chi connectivity index (χ0v) is 17.0. The number of nitrogens with one attached hydrogen (secondary N) is 2. The molecule has 4 rings (SSSR count). The third kappa shape index (κ3) is 3.79. The highest BCUT2D eigenvalue weighted by Gasteiger charge is 2.28. The van der Waals surface area contributed by atoms with Crippen LogP contribution in [0.5, 0.6) is 0 Å². The summed E-state index contributed by atoms with van der Waals surface area (Å²) in [7, 11) is -6.71. The standard InChI is InChI=1S/C17H19N3O4S3/c1-11-10-14-13(4-7-18-17(14)19-11)15-2-3-16(25-15)27(23,24)20-12-5-8-26(21,22)9-6-12/h2-4,7,10,12,20H,5-6,8-9H2,1H3,(H,18,19). The maximum Gasteiger partial charge on any atom is 0.250 e. The summed E-state index contributed by atoms with van der Waals surface area (Å²) in [5, 5.41) is 0.950. The van der Waals surface area contributed by atoms with E-state index in [4.69, 9.17) is 0 Å². The minimum atomic E-state index is -3.68. The van der Waals surface area contributed by atoms with Gasteiger partial charge in [0.2, 0.25) is 10.0 Å². The molecule has 3 aromatic rings. The normalized spacial score (nSPS) is 18.1. The Balaban J connectivity index is 1.60. The van der Waals surface area contributed by atoms with Crippen molar-refractivity contribution >= 4 is 42.2 Å². The number of sulfone groups is 1. The number of fused-ring (bicyclic) bond motifs is 1.